The molecule has 2 amide bonds. The average Bonchev–Trinajstić information content (AvgIpc) is 2.85. The molecule has 0 aliphatic heterocycles. The van der Waals surface area contributed by atoms with Crippen molar-refractivity contribution in [2.24, 2.45) is 0 Å². The van der Waals surface area contributed by atoms with Gasteiger partial charge in [0.1, 0.15) is 12.6 Å². The molecule has 36 heavy (non-hydrogen) atoms. The van der Waals surface area contributed by atoms with Crippen LogP contribution in [0.1, 0.15) is 16.7 Å². The van der Waals surface area contributed by atoms with Crippen LogP contribution in [-0.2, 0) is 32.6 Å². The Bertz CT molecular complexity index is 1300. The van der Waals surface area contributed by atoms with Crippen LogP contribution in [0.5, 0.6) is 0 Å². The van der Waals surface area contributed by atoms with Gasteiger partial charge in [-0.15, -0.1) is 0 Å². The fourth-order valence-electron chi connectivity index (χ4n) is 3.86. The second kappa shape index (κ2) is 12.2. The number of aryl methyl sites for hydroxylation is 1. The third-order valence-corrected chi connectivity index (χ3v) is 7.40. The molecule has 0 spiro atoms. The van der Waals surface area contributed by atoms with E-state index in [1.165, 1.54) is 11.9 Å². The third-order valence-electron chi connectivity index (χ3n) is 5.77. The fraction of sp³-hybridized carbons (Fsp3) is 0.259. The van der Waals surface area contributed by atoms with Gasteiger partial charge in [0, 0.05) is 24.5 Å². The van der Waals surface area contributed by atoms with Crippen molar-refractivity contribution >= 4 is 43.5 Å². The molecule has 0 heterocycles. The van der Waals surface area contributed by atoms with Gasteiger partial charge in [0.05, 0.1) is 11.9 Å². The Morgan fingerprint density at radius 3 is 2.19 bits per heavy atom. The van der Waals surface area contributed by atoms with Gasteiger partial charge in [0.15, 0.2) is 0 Å². The van der Waals surface area contributed by atoms with Crippen LogP contribution in [0.15, 0.2) is 83.3 Å². The normalized spacial score (nSPS) is 12.0. The summed E-state index contributed by atoms with van der Waals surface area (Å²) in [6.45, 7) is 1.68. The number of hydrogen-bond donors (Lipinski definition) is 1. The molecule has 190 valence electrons. The van der Waals surface area contributed by atoms with Crippen LogP contribution in [0.2, 0.25) is 0 Å². The molecule has 0 unspecified atom stereocenters. The van der Waals surface area contributed by atoms with Gasteiger partial charge in [-0.25, -0.2) is 8.42 Å². The Hall–Kier alpha value is -3.17. The van der Waals surface area contributed by atoms with Gasteiger partial charge in [0.25, 0.3) is 0 Å². The lowest BCUT2D eigenvalue weighted by Gasteiger charge is -2.33. The molecule has 3 aromatic rings. The first-order chi connectivity index (χ1) is 17.1. The van der Waals surface area contributed by atoms with Crippen LogP contribution in [0, 0.1) is 6.92 Å². The minimum atomic E-state index is -3.79. The predicted octanol–water partition coefficient (Wildman–Crippen LogP) is 3.91. The summed E-state index contributed by atoms with van der Waals surface area (Å²) in [7, 11) is -2.26. The number of nitrogens with zero attached hydrogens (tertiary/aromatic N) is 2. The third kappa shape index (κ3) is 7.41. The van der Waals surface area contributed by atoms with Gasteiger partial charge in [-0.2, -0.15) is 0 Å². The summed E-state index contributed by atoms with van der Waals surface area (Å²) < 4.78 is 27.2. The molecule has 0 saturated carbocycles. The van der Waals surface area contributed by atoms with E-state index in [-0.39, 0.29) is 18.9 Å². The Morgan fingerprint density at radius 2 is 1.61 bits per heavy atom. The molecule has 7 nitrogen and oxygen atoms in total. The van der Waals surface area contributed by atoms with Crippen LogP contribution < -0.4 is 9.62 Å². The second-order valence-electron chi connectivity index (χ2n) is 8.58. The summed E-state index contributed by atoms with van der Waals surface area (Å²) in [5.74, 6) is -0.807. The highest BCUT2D eigenvalue weighted by atomic mass is 79.9. The number of carbonyl (C=O) groups excluding carboxylic acids is 2. The topological polar surface area (TPSA) is 86.8 Å². The number of hydrogen-bond acceptors (Lipinski definition) is 4. The van der Waals surface area contributed by atoms with Crippen molar-refractivity contribution in [3.05, 3.63) is 100 Å². The van der Waals surface area contributed by atoms with Crippen LogP contribution in [0.4, 0.5) is 5.69 Å². The highest BCUT2D eigenvalue weighted by Gasteiger charge is 2.32. The Labute approximate surface area is 221 Å². The summed E-state index contributed by atoms with van der Waals surface area (Å²) in [6.07, 6.45) is 1.35. The van der Waals surface area contributed by atoms with Gasteiger partial charge in [-0.05, 0) is 36.2 Å². The number of nitrogens with one attached hydrogen (secondary N) is 1. The van der Waals surface area contributed by atoms with Crippen LogP contribution in [0.3, 0.4) is 0 Å². The molecule has 1 atom stereocenters. The maximum absolute atomic E-state index is 13.8. The molecule has 0 fully saturated rings. The molecule has 0 saturated heterocycles. The van der Waals surface area contributed by atoms with Gasteiger partial charge in [-0.1, -0.05) is 82.2 Å². The minimum Gasteiger partial charge on any atom is -0.357 e. The van der Waals surface area contributed by atoms with Gasteiger partial charge >= 0.3 is 0 Å². The number of carbonyl (C=O) groups is 2. The van der Waals surface area contributed by atoms with Crippen molar-refractivity contribution in [1.82, 2.24) is 10.2 Å². The quantitative estimate of drug-likeness (QED) is 0.399. The largest absolute Gasteiger partial charge is 0.357 e. The van der Waals surface area contributed by atoms with Crippen molar-refractivity contribution < 1.29 is 18.0 Å². The summed E-state index contributed by atoms with van der Waals surface area (Å²) in [6, 6.07) is 23.0. The number of likely N-dealkylation sites (N-methyl/N-ethyl adjacent to an activating group) is 1. The number of sulfonamides is 1. The van der Waals surface area contributed by atoms with Crippen LogP contribution >= 0.6 is 15.9 Å². The number of anilines is 1. The lowest BCUT2D eigenvalue weighted by Crippen LogP contribution is -2.52. The van der Waals surface area contributed by atoms with Crippen molar-refractivity contribution in [1.29, 1.82) is 0 Å². The van der Waals surface area contributed by atoms with Gasteiger partial charge in [-0.3, -0.25) is 13.9 Å². The number of rotatable bonds is 10. The highest BCUT2D eigenvalue weighted by molar-refractivity contribution is 9.10. The summed E-state index contributed by atoms with van der Waals surface area (Å²) in [5, 5.41) is 2.67. The Kier molecular flexibility index (Phi) is 9.28. The molecule has 1 N–H and O–H groups in total. The monoisotopic (exact) mass is 571 g/mol. The van der Waals surface area contributed by atoms with E-state index in [1.54, 1.807) is 24.3 Å². The smallest absolute Gasteiger partial charge is 0.244 e. The number of benzene rings is 3. The molecule has 0 aliphatic rings. The van der Waals surface area contributed by atoms with Crippen molar-refractivity contribution in [3.8, 4) is 0 Å². The molecular formula is C27H30BrN3O4S. The molecule has 0 aliphatic carbocycles. The zero-order valence-corrected chi connectivity index (χ0v) is 22.9. The molecule has 0 radical (unpaired) electrons. The fourth-order valence-corrected chi connectivity index (χ4v) is 5.08. The van der Waals surface area contributed by atoms with E-state index in [0.717, 1.165) is 27.3 Å². The van der Waals surface area contributed by atoms with E-state index < -0.39 is 28.5 Å². The number of amides is 2. The Balaban J connectivity index is 2.01. The molecule has 3 aromatic carbocycles. The van der Waals surface area contributed by atoms with Gasteiger partial charge in [0.2, 0.25) is 21.8 Å². The molecular weight excluding hydrogens is 542 g/mol. The van der Waals surface area contributed by atoms with E-state index in [1.807, 2.05) is 61.5 Å². The zero-order valence-electron chi connectivity index (χ0n) is 20.5. The minimum absolute atomic E-state index is 0.153. The van der Waals surface area contributed by atoms with E-state index in [9.17, 15) is 18.0 Å². The maximum atomic E-state index is 13.8. The highest BCUT2D eigenvalue weighted by Crippen LogP contribution is 2.23. The van der Waals surface area contributed by atoms with Crippen LogP contribution in [-0.4, -0.2) is 51.0 Å². The molecule has 0 bridgehead atoms. The first kappa shape index (κ1) is 27.4. The number of halogens is 1. The maximum Gasteiger partial charge on any atom is 0.244 e. The average molecular weight is 573 g/mol. The molecule has 3 rings (SSSR count). The van der Waals surface area contributed by atoms with E-state index in [2.05, 4.69) is 21.2 Å². The van der Waals surface area contributed by atoms with Crippen molar-refractivity contribution in [3.63, 3.8) is 0 Å². The second-order valence-corrected chi connectivity index (χ2v) is 11.4. The summed E-state index contributed by atoms with van der Waals surface area (Å²) in [4.78, 5) is 28.3. The zero-order chi connectivity index (χ0) is 26.3. The summed E-state index contributed by atoms with van der Waals surface area (Å²) in [5.41, 5.74) is 3.15. The standard InChI is InChI=1S/C27H30BrN3O4S/c1-20-12-14-22(15-13-20)18-30(25(27(33)29-2)16-21-8-5-4-6-9-21)26(32)19-31(36(3,34)35)24-11-7-10-23(28)17-24/h4-15,17,25H,16,18-19H2,1-3H3,(H,29,33)/t25-/m1/s1. The lowest BCUT2D eigenvalue weighted by atomic mass is 10.0. The lowest BCUT2D eigenvalue weighted by molar-refractivity contribution is -0.139. The predicted molar refractivity (Wildman–Crippen MR) is 146 cm³/mol. The van der Waals surface area contributed by atoms with Crippen molar-refractivity contribution in [2.45, 2.75) is 25.9 Å². The molecule has 0 aromatic heterocycles. The first-order valence-corrected chi connectivity index (χ1v) is 14.1. The summed E-state index contributed by atoms with van der Waals surface area (Å²) >= 11 is 3.36. The van der Waals surface area contributed by atoms with E-state index in [4.69, 9.17) is 0 Å². The van der Waals surface area contributed by atoms with Gasteiger partial charge < -0.3 is 10.2 Å². The SMILES string of the molecule is CNC(=O)[C@@H](Cc1ccccc1)N(Cc1ccc(C)cc1)C(=O)CN(c1cccc(Br)c1)S(C)(=O)=O. The van der Waals surface area contributed by atoms with Crippen LogP contribution in [0.25, 0.3) is 0 Å². The van der Waals surface area contributed by atoms with E-state index >= 15 is 0 Å². The van der Waals surface area contributed by atoms with Crippen molar-refractivity contribution in [2.75, 3.05) is 24.2 Å². The van der Waals surface area contributed by atoms with E-state index in [0.29, 0.717) is 10.2 Å². The molecule has 9 heteroatoms. The first-order valence-electron chi connectivity index (χ1n) is 11.4. The Morgan fingerprint density at radius 1 is 0.944 bits per heavy atom.